The summed E-state index contributed by atoms with van der Waals surface area (Å²) in [6.45, 7) is 0. The van der Waals surface area contributed by atoms with Crippen LogP contribution in [0.3, 0.4) is 0 Å². The summed E-state index contributed by atoms with van der Waals surface area (Å²) in [5.41, 5.74) is 0. The number of hydrogen-bond donors (Lipinski definition) is 0. The number of hydrogen-bond acceptors (Lipinski definition) is 2. The minimum Gasteiger partial charge on any atom is -0.420 e. The number of alkyl halides is 3. The molecule has 0 unspecified atom stereocenters. The van der Waals surface area contributed by atoms with E-state index in [0.717, 1.165) is 0 Å². The Morgan fingerprint density at radius 1 is 1.07 bits per heavy atom. The average molecular weight is 226 g/mol. The Hall–Kier alpha value is -1.66. The monoisotopic (exact) mass is 226 g/mol. The minimum absolute atomic E-state index is 0.435. The normalized spacial score (nSPS) is 11.3. The molecule has 0 amide bonds. The van der Waals surface area contributed by atoms with Crippen molar-refractivity contribution >= 4 is 5.97 Å². The van der Waals surface area contributed by atoms with Crippen LogP contribution in [0.4, 0.5) is 22.0 Å². The van der Waals surface area contributed by atoms with Crippen LogP contribution in [0, 0.1) is 11.6 Å². The highest BCUT2D eigenvalue weighted by Gasteiger charge is 2.41. The Labute approximate surface area is 80.3 Å². The molecule has 1 rings (SSSR count). The number of carbonyl (C=O) groups is 1. The summed E-state index contributed by atoms with van der Waals surface area (Å²) >= 11 is 0. The fraction of sp³-hybridized carbons (Fsp3) is 0.125. The highest BCUT2D eigenvalue weighted by Crippen LogP contribution is 2.21. The highest BCUT2D eigenvalue weighted by atomic mass is 19.4. The molecule has 0 aliphatic rings. The van der Waals surface area contributed by atoms with Gasteiger partial charge >= 0.3 is 12.1 Å². The molecule has 15 heavy (non-hydrogen) atoms. The molecule has 0 heterocycles. The van der Waals surface area contributed by atoms with E-state index in [0.29, 0.717) is 18.2 Å². The van der Waals surface area contributed by atoms with Crippen LogP contribution in [0.15, 0.2) is 18.2 Å². The standard InChI is InChI=1S/C8H3F5O2/c9-4-1-5(10)3-6(2-4)15-7(14)8(11,12)13/h1-3H. The lowest BCUT2D eigenvalue weighted by molar-refractivity contribution is -0.189. The summed E-state index contributed by atoms with van der Waals surface area (Å²) in [6, 6.07) is 1.37. The van der Waals surface area contributed by atoms with E-state index < -0.39 is 29.5 Å². The van der Waals surface area contributed by atoms with E-state index in [2.05, 4.69) is 4.74 Å². The van der Waals surface area contributed by atoms with Crippen molar-refractivity contribution in [1.82, 2.24) is 0 Å². The van der Waals surface area contributed by atoms with Crippen LogP contribution in [-0.2, 0) is 4.79 Å². The molecule has 1 aromatic carbocycles. The molecule has 0 saturated carbocycles. The van der Waals surface area contributed by atoms with Crippen molar-refractivity contribution in [1.29, 1.82) is 0 Å². The average Bonchev–Trinajstić information content (AvgIpc) is 1.99. The molecule has 7 heteroatoms. The molecule has 0 radical (unpaired) electrons. The van der Waals surface area contributed by atoms with E-state index in [4.69, 9.17) is 0 Å². The molecule has 0 bridgehead atoms. The van der Waals surface area contributed by atoms with E-state index in [-0.39, 0.29) is 0 Å². The van der Waals surface area contributed by atoms with Crippen molar-refractivity contribution in [3.8, 4) is 5.75 Å². The third-order valence-electron chi connectivity index (χ3n) is 1.28. The second-order valence-corrected chi connectivity index (χ2v) is 2.49. The van der Waals surface area contributed by atoms with Crippen LogP contribution in [-0.4, -0.2) is 12.1 Å². The van der Waals surface area contributed by atoms with Gasteiger partial charge in [-0.15, -0.1) is 0 Å². The summed E-state index contributed by atoms with van der Waals surface area (Å²) < 4.78 is 63.6. The lowest BCUT2D eigenvalue weighted by Gasteiger charge is -2.06. The van der Waals surface area contributed by atoms with Crippen molar-refractivity contribution in [3.63, 3.8) is 0 Å². The third-order valence-corrected chi connectivity index (χ3v) is 1.28. The van der Waals surface area contributed by atoms with Crippen LogP contribution in [0.1, 0.15) is 0 Å². The molecule has 2 nitrogen and oxygen atoms in total. The van der Waals surface area contributed by atoms with Crippen LogP contribution >= 0.6 is 0 Å². The zero-order chi connectivity index (χ0) is 11.6. The zero-order valence-electron chi connectivity index (χ0n) is 6.94. The Kier molecular flexibility index (Phi) is 2.92. The van der Waals surface area contributed by atoms with Gasteiger partial charge in [-0.05, 0) is 0 Å². The van der Waals surface area contributed by atoms with Crippen molar-refractivity contribution < 1.29 is 31.5 Å². The number of esters is 1. The molecule has 1 aromatic rings. The Bertz CT molecular complexity index is 365. The van der Waals surface area contributed by atoms with Crippen LogP contribution in [0.5, 0.6) is 5.75 Å². The molecule has 0 saturated heterocycles. The number of benzene rings is 1. The Morgan fingerprint density at radius 3 is 1.93 bits per heavy atom. The topological polar surface area (TPSA) is 26.3 Å². The van der Waals surface area contributed by atoms with E-state index in [1.807, 2.05) is 0 Å². The molecule has 0 N–H and O–H groups in total. The smallest absolute Gasteiger partial charge is 0.420 e. The molecule has 0 aliphatic carbocycles. The maximum absolute atomic E-state index is 12.5. The summed E-state index contributed by atoms with van der Waals surface area (Å²) in [6.07, 6.45) is -5.21. The SMILES string of the molecule is O=C(Oc1cc(F)cc(F)c1)C(F)(F)F. The first kappa shape index (κ1) is 11.4. The number of ether oxygens (including phenoxy) is 1. The number of halogens is 5. The zero-order valence-corrected chi connectivity index (χ0v) is 6.94. The molecule has 0 fully saturated rings. The fourth-order valence-electron chi connectivity index (χ4n) is 0.752. The fourth-order valence-corrected chi connectivity index (χ4v) is 0.752. The van der Waals surface area contributed by atoms with Gasteiger partial charge in [0.15, 0.2) is 0 Å². The summed E-state index contributed by atoms with van der Waals surface area (Å²) in [5, 5.41) is 0. The van der Waals surface area contributed by atoms with Crippen molar-refractivity contribution in [2.24, 2.45) is 0 Å². The minimum atomic E-state index is -5.21. The lowest BCUT2D eigenvalue weighted by atomic mass is 10.3. The maximum Gasteiger partial charge on any atom is 0.491 e. The Morgan fingerprint density at radius 2 is 1.53 bits per heavy atom. The molecular formula is C8H3F5O2. The van der Waals surface area contributed by atoms with E-state index >= 15 is 0 Å². The molecule has 0 atom stereocenters. The van der Waals surface area contributed by atoms with E-state index in [9.17, 15) is 26.7 Å². The summed E-state index contributed by atoms with van der Waals surface area (Å²) in [5.74, 6) is -5.65. The predicted molar refractivity (Wildman–Crippen MR) is 38.0 cm³/mol. The first-order valence-corrected chi connectivity index (χ1v) is 3.54. The largest absolute Gasteiger partial charge is 0.491 e. The van der Waals surface area contributed by atoms with E-state index in [1.165, 1.54) is 0 Å². The number of carbonyl (C=O) groups excluding carboxylic acids is 1. The summed E-state index contributed by atoms with van der Waals surface area (Å²) in [4.78, 5) is 10.3. The molecule has 0 aromatic heterocycles. The van der Waals surface area contributed by atoms with Gasteiger partial charge in [0.25, 0.3) is 0 Å². The van der Waals surface area contributed by atoms with Gasteiger partial charge in [-0.1, -0.05) is 0 Å². The van der Waals surface area contributed by atoms with Gasteiger partial charge in [-0.3, -0.25) is 0 Å². The van der Waals surface area contributed by atoms with Gasteiger partial charge in [0.2, 0.25) is 0 Å². The van der Waals surface area contributed by atoms with Gasteiger partial charge in [0.05, 0.1) is 0 Å². The first-order valence-electron chi connectivity index (χ1n) is 3.54. The second-order valence-electron chi connectivity index (χ2n) is 2.49. The van der Waals surface area contributed by atoms with Crippen molar-refractivity contribution in [2.45, 2.75) is 6.18 Å². The predicted octanol–water partition coefficient (Wildman–Crippen LogP) is 2.43. The van der Waals surface area contributed by atoms with Crippen LogP contribution in [0.25, 0.3) is 0 Å². The third kappa shape index (κ3) is 3.19. The molecule has 0 spiro atoms. The summed E-state index contributed by atoms with van der Waals surface area (Å²) in [7, 11) is 0. The van der Waals surface area contributed by atoms with E-state index in [1.54, 1.807) is 0 Å². The van der Waals surface area contributed by atoms with Gasteiger partial charge in [-0.2, -0.15) is 13.2 Å². The lowest BCUT2D eigenvalue weighted by Crippen LogP contribution is -2.28. The van der Waals surface area contributed by atoms with Gasteiger partial charge in [0, 0.05) is 18.2 Å². The van der Waals surface area contributed by atoms with Crippen LogP contribution < -0.4 is 4.74 Å². The second kappa shape index (κ2) is 3.84. The van der Waals surface area contributed by atoms with Crippen molar-refractivity contribution in [3.05, 3.63) is 29.8 Å². The van der Waals surface area contributed by atoms with Gasteiger partial charge in [-0.25, -0.2) is 13.6 Å². The maximum atomic E-state index is 12.5. The molecule has 82 valence electrons. The molecule has 0 aliphatic heterocycles. The first-order chi connectivity index (χ1) is 6.79. The molecular weight excluding hydrogens is 223 g/mol. The van der Waals surface area contributed by atoms with Crippen molar-refractivity contribution in [2.75, 3.05) is 0 Å². The number of rotatable bonds is 1. The highest BCUT2D eigenvalue weighted by molar-refractivity contribution is 5.78. The Balaban J connectivity index is 2.86. The van der Waals surface area contributed by atoms with Gasteiger partial charge in [0.1, 0.15) is 17.4 Å². The van der Waals surface area contributed by atoms with Gasteiger partial charge < -0.3 is 4.74 Å². The van der Waals surface area contributed by atoms with Crippen LogP contribution in [0.2, 0.25) is 0 Å². The quantitative estimate of drug-likeness (QED) is 0.417.